The molecule has 1 aliphatic heterocycles. The van der Waals surface area contributed by atoms with E-state index in [0.717, 1.165) is 17.0 Å². The van der Waals surface area contributed by atoms with Crippen molar-refractivity contribution in [1.82, 2.24) is 4.31 Å². The summed E-state index contributed by atoms with van der Waals surface area (Å²) in [5.41, 5.74) is 5.26. The van der Waals surface area contributed by atoms with Gasteiger partial charge in [0.2, 0.25) is 10.0 Å². The number of piperidine rings is 1. The van der Waals surface area contributed by atoms with Gasteiger partial charge >= 0.3 is 11.9 Å². The summed E-state index contributed by atoms with van der Waals surface area (Å²) in [7, 11) is -3.72. The van der Waals surface area contributed by atoms with E-state index in [2.05, 4.69) is 5.32 Å². The summed E-state index contributed by atoms with van der Waals surface area (Å²) in [6, 6.07) is 11.4. The summed E-state index contributed by atoms with van der Waals surface area (Å²) >= 11 is 7.93. The minimum atomic E-state index is -3.72. The molecule has 0 saturated carbocycles. The third-order valence-electron chi connectivity index (χ3n) is 7.49. The normalized spacial score (nSPS) is 17.0. The van der Waals surface area contributed by atoms with Crippen LogP contribution >= 0.6 is 22.9 Å². The van der Waals surface area contributed by atoms with E-state index in [9.17, 15) is 22.4 Å². The number of ether oxygens (including phenoxy) is 3. The quantitative estimate of drug-likeness (QED) is 0.159. The van der Waals surface area contributed by atoms with Crippen molar-refractivity contribution in [2.24, 2.45) is 0 Å². The molecule has 3 aromatic rings. The predicted octanol–water partition coefficient (Wildman–Crippen LogP) is 7.65. The van der Waals surface area contributed by atoms with Crippen molar-refractivity contribution in [1.29, 1.82) is 0 Å². The van der Waals surface area contributed by atoms with Gasteiger partial charge in [0, 0.05) is 23.8 Å². The van der Waals surface area contributed by atoms with Gasteiger partial charge in [-0.1, -0.05) is 29.8 Å². The zero-order valence-electron chi connectivity index (χ0n) is 29.1. The second-order valence-electron chi connectivity index (χ2n) is 14.7. The van der Waals surface area contributed by atoms with E-state index < -0.39 is 51.1 Å². The topological polar surface area (TPSA) is 137 Å². The summed E-state index contributed by atoms with van der Waals surface area (Å²) in [6.07, 6.45) is 1.07. The van der Waals surface area contributed by atoms with Gasteiger partial charge in [-0.05, 0) is 104 Å². The fourth-order valence-corrected chi connectivity index (χ4v) is 9.06. The molecular weight excluding hydrogens is 693 g/mol. The summed E-state index contributed by atoms with van der Waals surface area (Å²) in [5.74, 6) is -2.07. The van der Waals surface area contributed by atoms with Crippen LogP contribution in [0.15, 0.2) is 42.5 Å². The highest BCUT2D eigenvalue weighted by Crippen LogP contribution is 2.47. The van der Waals surface area contributed by atoms with E-state index in [1.54, 1.807) is 41.5 Å². The molecule has 3 N–H and O–H groups in total. The Morgan fingerprint density at radius 2 is 1.76 bits per heavy atom. The Morgan fingerprint density at radius 3 is 2.37 bits per heavy atom. The van der Waals surface area contributed by atoms with Crippen LogP contribution in [-0.4, -0.2) is 60.6 Å². The van der Waals surface area contributed by atoms with E-state index in [4.69, 9.17) is 31.5 Å². The van der Waals surface area contributed by atoms with Gasteiger partial charge in [-0.15, -0.1) is 11.3 Å². The molecule has 0 aliphatic carbocycles. The number of carbonyl (C=O) groups is 2. The standard InChI is InChI=1S/C35H45ClFN3O7S2/c1-33(2,3)46-27(41)19-45-29-28(36)30(48-31(29)32(42)47-34(4,5)6)22-10-9-11-23(17-22)39-24-14-15-40(35(7,8)18-24)49(43,44)20-21-12-13-25(37)26(38)16-21/h9-13,16-17,24,39H,14-15,18-20,38H2,1-8H3. The number of sulfonamides is 1. The Labute approximate surface area is 297 Å². The Kier molecular flexibility index (Phi) is 11.3. The fourth-order valence-electron chi connectivity index (χ4n) is 5.65. The Morgan fingerprint density at radius 1 is 1.08 bits per heavy atom. The number of benzene rings is 2. The van der Waals surface area contributed by atoms with Crippen LogP contribution in [0.25, 0.3) is 10.4 Å². The molecule has 2 heterocycles. The molecule has 0 amide bonds. The number of thiophene rings is 1. The summed E-state index contributed by atoms with van der Waals surface area (Å²) in [4.78, 5) is 26.3. The minimum absolute atomic E-state index is 0.0405. The lowest BCUT2D eigenvalue weighted by Gasteiger charge is -2.45. The molecule has 49 heavy (non-hydrogen) atoms. The number of anilines is 2. The van der Waals surface area contributed by atoms with Crippen LogP contribution < -0.4 is 15.8 Å². The first-order chi connectivity index (χ1) is 22.5. The Bertz CT molecular complexity index is 1810. The van der Waals surface area contributed by atoms with Gasteiger partial charge in [0.25, 0.3) is 0 Å². The SMILES string of the molecule is CC(C)(C)OC(=O)COc1c(C(=O)OC(C)(C)C)sc(-c2cccc(NC3CCN(S(=O)(=O)Cc4ccc(F)c(N)c4)C(C)(C)C3)c2)c1Cl. The molecule has 4 rings (SSSR count). The van der Waals surface area contributed by atoms with Crippen molar-refractivity contribution in [3.8, 4) is 16.2 Å². The van der Waals surface area contributed by atoms with E-state index in [1.807, 2.05) is 38.1 Å². The predicted molar refractivity (Wildman–Crippen MR) is 192 cm³/mol. The van der Waals surface area contributed by atoms with Crippen LogP contribution in [0.4, 0.5) is 15.8 Å². The number of hydrogen-bond donors (Lipinski definition) is 2. The van der Waals surface area contributed by atoms with Gasteiger partial charge in [-0.2, -0.15) is 4.31 Å². The number of nitrogens with two attached hydrogens (primary N) is 1. The number of nitrogens with one attached hydrogen (secondary N) is 1. The number of rotatable bonds is 10. The second kappa shape index (κ2) is 14.5. The maximum atomic E-state index is 13.6. The summed E-state index contributed by atoms with van der Waals surface area (Å²) in [5, 5.41) is 3.70. The lowest BCUT2D eigenvalue weighted by Crippen LogP contribution is -2.55. The van der Waals surface area contributed by atoms with Crippen molar-refractivity contribution >= 4 is 56.3 Å². The van der Waals surface area contributed by atoms with Crippen molar-refractivity contribution in [3.05, 3.63) is 63.7 Å². The van der Waals surface area contributed by atoms with Gasteiger partial charge in [-0.3, -0.25) is 0 Å². The molecule has 0 radical (unpaired) electrons. The lowest BCUT2D eigenvalue weighted by atomic mass is 9.89. The van der Waals surface area contributed by atoms with Crippen molar-refractivity contribution < 1.29 is 36.6 Å². The molecule has 10 nitrogen and oxygen atoms in total. The van der Waals surface area contributed by atoms with E-state index in [0.29, 0.717) is 28.8 Å². The number of nitrogens with zero attached hydrogens (tertiary/aromatic N) is 1. The number of carbonyl (C=O) groups excluding carboxylic acids is 2. The Balaban J connectivity index is 1.53. The van der Waals surface area contributed by atoms with Gasteiger partial charge in [0.15, 0.2) is 17.2 Å². The first-order valence-electron chi connectivity index (χ1n) is 15.9. The van der Waals surface area contributed by atoms with Gasteiger partial charge in [0.1, 0.15) is 22.0 Å². The molecule has 1 aliphatic rings. The highest BCUT2D eigenvalue weighted by atomic mass is 35.5. The molecule has 1 aromatic heterocycles. The molecule has 0 bridgehead atoms. The van der Waals surface area contributed by atoms with E-state index in [-0.39, 0.29) is 39.7 Å². The van der Waals surface area contributed by atoms with Crippen molar-refractivity contribution in [2.45, 2.75) is 96.8 Å². The molecule has 2 aromatic carbocycles. The second-order valence-corrected chi connectivity index (χ2v) is 18.0. The average molecular weight is 738 g/mol. The molecule has 0 spiro atoms. The highest BCUT2D eigenvalue weighted by molar-refractivity contribution is 7.88. The molecule has 1 unspecified atom stereocenters. The van der Waals surface area contributed by atoms with Crippen LogP contribution in [0.2, 0.25) is 5.02 Å². The van der Waals surface area contributed by atoms with E-state index >= 15 is 0 Å². The fraction of sp³-hybridized carbons (Fsp3) is 0.486. The number of hydrogen-bond acceptors (Lipinski definition) is 10. The van der Waals surface area contributed by atoms with Crippen molar-refractivity contribution in [2.75, 3.05) is 24.2 Å². The molecular formula is C35H45ClFN3O7S2. The zero-order chi connectivity index (χ0) is 36.5. The summed E-state index contributed by atoms with van der Waals surface area (Å²) < 4.78 is 58.8. The zero-order valence-corrected chi connectivity index (χ0v) is 31.5. The third kappa shape index (κ3) is 10.1. The van der Waals surface area contributed by atoms with E-state index in [1.165, 1.54) is 22.5 Å². The minimum Gasteiger partial charge on any atom is -0.479 e. The number of nitrogen functional groups attached to an aromatic ring is 1. The maximum absolute atomic E-state index is 13.6. The van der Waals surface area contributed by atoms with Gasteiger partial charge in [-0.25, -0.2) is 22.4 Å². The van der Waals surface area contributed by atoms with Crippen LogP contribution in [0.5, 0.6) is 5.75 Å². The first-order valence-corrected chi connectivity index (χ1v) is 18.7. The monoisotopic (exact) mass is 737 g/mol. The van der Waals surface area contributed by atoms with Crippen LogP contribution in [-0.2, 0) is 30.0 Å². The van der Waals surface area contributed by atoms with Crippen LogP contribution in [0, 0.1) is 5.82 Å². The molecule has 1 atom stereocenters. The molecule has 1 saturated heterocycles. The lowest BCUT2D eigenvalue weighted by molar-refractivity contribution is -0.157. The molecule has 14 heteroatoms. The number of esters is 2. The average Bonchev–Trinajstić information content (AvgIpc) is 3.27. The molecule has 268 valence electrons. The summed E-state index contributed by atoms with van der Waals surface area (Å²) in [6.45, 7) is 14.1. The van der Waals surface area contributed by atoms with Crippen LogP contribution in [0.1, 0.15) is 83.5 Å². The van der Waals surface area contributed by atoms with Gasteiger partial charge < -0.3 is 25.3 Å². The largest absolute Gasteiger partial charge is 0.479 e. The first kappa shape index (κ1) is 38.4. The Hall–Kier alpha value is -3.39. The maximum Gasteiger partial charge on any atom is 0.352 e. The van der Waals surface area contributed by atoms with Gasteiger partial charge in [0.05, 0.1) is 16.3 Å². The number of halogens is 2. The van der Waals surface area contributed by atoms with Crippen molar-refractivity contribution in [3.63, 3.8) is 0 Å². The third-order valence-corrected chi connectivity index (χ3v) is 11.2. The highest BCUT2D eigenvalue weighted by Gasteiger charge is 2.41. The smallest absolute Gasteiger partial charge is 0.352 e. The molecule has 1 fully saturated rings. The van der Waals surface area contributed by atoms with Crippen LogP contribution in [0.3, 0.4) is 0 Å².